The molecule has 2 N–H and O–H groups in total. The minimum atomic E-state index is 0.111. The normalized spacial score (nSPS) is 20.2. The van der Waals surface area contributed by atoms with E-state index in [0.717, 1.165) is 29.7 Å². The van der Waals surface area contributed by atoms with Gasteiger partial charge < -0.3 is 10.6 Å². The predicted octanol–water partition coefficient (Wildman–Crippen LogP) is 1.48. The lowest BCUT2D eigenvalue weighted by Gasteiger charge is -2.16. The molecule has 1 atom stereocenters. The molecule has 16 heavy (non-hydrogen) atoms. The second-order valence-electron chi connectivity index (χ2n) is 4.68. The molecule has 2 rings (SSSR count). The minimum absolute atomic E-state index is 0.111. The highest BCUT2D eigenvalue weighted by atomic mass is 16.2. The Morgan fingerprint density at radius 2 is 1.94 bits per heavy atom. The summed E-state index contributed by atoms with van der Waals surface area (Å²) < 4.78 is 0. The quantitative estimate of drug-likeness (QED) is 0.776. The smallest absolute Gasteiger partial charge is 0.253 e. The van der Waals surface area contributed by atoms with E-state index in [0.29, 0.717) is 6.54 Å². The Morgan fingerprint density at radius 3 is 2.44 bits per heavy atom. The molecule has 1 aromatic carbocycles. The molecule has 0 bridgehead atoms. The van der Waals surface area contributed by atoms with E-state index in [1.54, 1.807) is 0 Å². The highest BCUT2D eigenvalue weighted by molar-refractivity contribution is 5.94. The van der Waals surface area contributed by atoms with Crippen molar-refractivity contribution >= 4 is 5.91 Å². The van der Waals surface area contributed by atoms with E-state index in [-0.39, 0.29) is 11.9 Å². The van der Waals surface area contributed by atoms with Crippen molar-refractivity contribution in [1.82, 2.24) is 4.90 Å². The van der Waals surface area contributed by atoms with E-state index in [1.807, 2.05) is 30.9 Å². The zero-order chi connectivity index (χ0) is 11.7. The number of carbonyl (C=O) groups excluding carboxylic acids is 1. The number of nitrogens with zero attached hydrogens (tertiary/aromatic N) is 1. The number of amides is 1. The van der Waals surface area contributed by atoms with Gasteiger partial charge in [0.2, 0.25) is 0 Å². The van der Waals surface area contributed by atoms with Gasteiger partial charge >= 0.3 is 0 Å². The molecule has 0 saturated carbocycles. The average molecular weight is 218 g/mol. The van der Waals surface area contributed by atoms with Crippen molar-refractivity contribution in [2.45, 2.75) is 26.3 Å². The van der Waals surface area contributed by atoms with E-state index in [2.05, 4.69) is 6.07 Å². The third kappa shape index (κ3) is 2.25. The van der Waals surface area contributed by atoms with Crippen molar-refractivity contribution < 1.29 is 4.79 Å². The van der Waals surface area contributed by atoms with Crippen molar-refractivity contribution in [3.8, 4) is 0 Å². The lowest BCUT2D eigenvalue weighted by Crippen LogP contribution is -2.31. The van der Waals surface area contributed by atoms with Crippen LogP contribution < -0.4 is 5.73 Å². The molecule has 1 saturated heterocycles. The molecule has 0 spiro atoms. The second kappa shape index (κ2) is 4.26. The maximum atomic E-state index is 12.2. The van der Waals surface area contributed by atoms with Gasteiger partial charge in [-0.15, -0.1) is 0 Å². The summed E-state index contributed by atoms with van der Waals surface area (Å²) in [6.07, 6.45) is 0.913. The third-order valence-electron chi connectivity index (χ3n) is 2.98. The van der Waals surface area contributed by atoms with Crippen LogP contribution in [-0.4, -0.2) is 29.9 Å². The van der Waals surface area contributed by atoms with Crippen molar-refractivity contribution in [2.24, 2.45) is 5.73 Å². The third-order valence-corrected chi connectivity index (χ3v) is 2.98. The van der Waals surface area contributed by atoms with Crippen LogP contribution >= 0.6 is 0 Å². The molecule has 0 aliphatic carbocycles. The molecular formula is C13H18N2O. The molecule has 1 unspecified atom stereocenters. The van der Waals surface area contributed by atoms with Crippen LogP contribution in [0.1, 0.15) is 27.9 Å². The van der Waals surface area contributed by atoms with Crippen LogP contribution in [-0.2, 0) is 0 Å². The van der Waals surface area contributed by atoms with Crippen molar-refractivity contribution in [3.63, 3.8) is 0 Å². The summed E-state index contributed by atoms with van der Waals surface area (Å²) in [7, 11) is 0. The van der Waals surface area contributed by atoms with E-state index < -0.39 is 0 Å². The lowest BCUT2D eigenvalue weighted by molar-refractivity contribution is 0.0790. The number of rotatable bonds is 1. The average Bonchev–Trinajstić information content (AvgIpc) is 2.62. The first kappa shape index (κ1) is 11.1. The Kier molecular flexibility index (Phi) is 2.97. The molecule has 3 nitrogen and oxygen atoms in total. The minimum Gasteiger partial charge on any atom is -0.337 e. The molecule has 3 heteroatoms. The van der Waals surface area contributed by atoms with Gasteiger partial charge in [0.15, 0.2) is 0 Å². The Morgan fingerprint density at radius 1 is 1.31 bits per heavy atom. The van der Waals surface area contributed by atoms with Gasteiger partial charge in [0.05, 0.1) is 0 Å². The van der Waals surface area contributed by atoms with Gasteiger partial charge in [0.1, 0.15) is 0 Å². The number of nitrogens with two attached hydrogens (primary N) is 1. The summed E-state index contributed by atoms with van der Waals surface area (Å²) in [5.41, 5.74) is 8.85. The summed E-state index contributed by atoms with van der Waals surface area (Å²) in [5, 5.41) is 0. The molecule has 1 aliphatic heterocycles. The number of carbonyl (C=O) groups is 1. The van der Waals surface area contributed by atoms with Crippen molar-refractivity contribution in [3.05, 3.63) is 34.9 Å². The maximum absolute atomic E-state index is 12.2. The topological polar surface area (TPSA) is 46.3 Å². The maximum Gasteiger partial charge on any atom is 0.253 e. The van der Waals surface area contributed by atoms with E-state index in [9.17, 15) is 4.79 Å². The summed E-state index contributed by atoms with van der Waals surface area (Å²) in [4.78, 5) is 14.0. The van der Waals surface area contributed by atoms with E-state index in [4.69, 9.17) is 5.73 Å². The van der Waals surface area contributed by atoms with Crippen LogP contribution in [0.5, 0.6) is 0 Å². The summed E-state index contributed by atoms with van der Waals surface area (Å²) in [6, 6.07) is 6.11. The highest BCUT2D eigenvalue weighted by Crippen LogP contribution is 2.15. The lowest BCUT2D eigenvalue weighted by atomic mass is 10.1. The number of hydrogen-bond donors (Lipinski definition) is 1. The fourth-order valence-electron chi connectivity index (χ4n) is 2.25. The van der Waals surface area contributed by atoms with Gasteiger partial charge in [-0.1, -0.05) is 17.2 Å². The molecule has 1 aliphatic rings. The first-order chi connectivity index (χ1) is 7.56. The summed E-state index contributed by atoms with van der Waals surface area (Å²) >= 11 is 0. The Hall–Kier alpha value is -1.35. The molecular weight excluding hydrogens is 200 g/mol. The summed E-state index contributed by atoms with van der Waals surface area (Å²) in [5.74, 6) is 0.111. The molecule has 0 radical (unpaired) electrons. The predicted molar refractivity (Wildman–Crippen MR) is 64.4 cm³/mol. The van der Waals surface area contributed by atoms with Crippen LogP contribution in [0, 0.1) is 13.8 Å². The second-order valence-corrected chi connectivity index (χ2v) is 4.68. The van der Waals surface area contributed by atoms with Gasteiger partial charge in [-0.25, -0.2) is 0 Å². The van der Waals surface area contributed by atoms with Gasteiger partial charge in [-0.2, -0.15) is 0 Å². The number of hydrogen-bond acceptors (Lipinski definition) is 2. The molecule has 1 amide bonds. The first-order valence-electron chi connectivity index (χ1n) is 5.69. The fraction of sp³-hybridized carbons (Fsp3) is 0.462. The Labute approximate surface area is 96.2 Å². The van der Waals surface area contributed by atoms with Crippen LogP contribution in [0.2, 0.25) is 0 Å². The van der Waals surface area contributed by atoms with E-state index in [1.165, 1.54) is 0 Å². The summed E-state index contributed by atoms with van der Waals surface area (Å²) in [6.45, 7) is 5.50. The van der Waals surface area contributed by atoms with Crippen LogP contribution in [0.3, 0.4) is 0 Å². The number of likely N-dealkylation sites (tertiary alicyclic amines) is 1. The number of benzene rings is 1. The van der Waals surface area contributed by atoms with Gasteiger partial charge in [-0.3, -0.25) is 4.79 Å². The molecule has 1 heterocycles. The van der Waals surface area contributed by atoms with Crippen molar-refractivity contribution in [2.75, 3.05) is 13.1 Å². The van der Waals surface area contributed by atoms with Gasteiger partial charge in [0.25, 0.3) is 5.91 Å². The van der Waals surface area contributed by atoms with Crippen LogP contribution in [0.15, 0.2) is 18.2 Å². The number of aryl methyl sites for hydroxylation is 2. The zero-order valence-electron chi connectivity index (χ0n) is 9.86. The van der Waals surface area contributed by atoms with E-state index >= 15 is 0 Å². The van der Waals surface area contributed by atoms with Crippen molar-refractivity contribution in [1.29, 1.82) is 0 Å². The van der Waals surface area contributed by atoms with Crippen LogP contribution in [0.4, 0.5) is 0 Å². The fourth-order valence-corrected chi connectivity index (χ4v) is 2.25. The Bertz CT molecular complexity index is 394. The van der Waals surface area contributed by atoms with Gasteiger partial charge in [-0.05, 0) is 32.4 Å². The zero-order valence-corrected chi connectivity index (χ0v) is 9.86. The molecule has 0 aromatic heterocycles. The molecule has 86 valence electrons. The van der Waals surface area contributed by atoms with Gasteiger partial charge in [0, 0.05) is 24.7 Å². The first-order valence-corrected chi connectivity index (χ1v) is 5.69. The monoisotopic (exact) mass is 218 g/mol. The SMILES string of the molecule is Cc1cc(C)cc(C(=O)N2CCC(N)C2)c1. The molecule has 1 fully saturated rings. The highest BCUT2D eigenvalue weighted by Gasteiger charge is 2.24. The van der Waals surface area contributed by atoms with Crippen LogP contribution in [0.25, 0.3) is 0 Å². The Balaban J connectivity index is 2.20. The molecule has 1 aromatic rings. The standard InChI is InChI=1S/C13H18N2O/c1-9-5-10(2)7-11(6-9)13(16)15-4-3-12(14)8-15/h5-7,12H,3-4,8,14H2,1-2H3. The largest absolute Gasteiger partial charge is 0.337 e.